The van der Waals surface area contributed by atoms with Crippen LogP contribution in [0.25, 0.3) is 0 Å². The number of ether oxygens (including phenoxy) is 1. The molecule has 1 aromatic carbocycles. The van der Waals surface area contributed by atoms with Gasteiger partial charge in [0.25, 0.3) is 0 Å². The SMILES string of the molecule is CCc1cccc(NC(N)=NCCCOC2CCCC2)c1. The van der Waals surface area contributed by atoms with Crippen LogP contribution in [0.5, 0.6) is 0 Å². The zero-order valence-electron chi connectivity index (χ0n) is 13.0. The summed E-state index contributed by atoms with van der Waals surface area (Å²) in [7, 11) is 0. The average molecular weight is 289 g/mol. The monoisotopic (exact) mass is 289 g/mol. The van der Waals surface area contributed by atoms with Crippen LogP contribution in [0.4, 0.5) is 5.69 Å². The Balaban J connectivity index is 1.65. The maximum atomic E-state index is 5.90. The van der Waals surface area contributed by atoms with Gasteiger partial charge in [0.15, 0.2) is 5.96 Å². The fraction of sp³-hybridized carbons (Fsp3) is 0.588. The number of nitrogens with two attached hydrogens (primary N) is 1. The summed E-state index contributed by atoms with van der Waals surface area (Å²) in [6.45, 7) is 3.63. The summed E-state index contributed by atoms with van der Waals surface area (Å²) in [5.74, 6) is 0.476. The molecule has 116 valence electrons. The van der Waals surface area contributed by atoms with Crippen molar-refractivity contribution >= 4 is 11.6 Å². The Labute approximate surface area is 127 Å². The number of nitrogens with zero attached hydrogens (tertiary/aromatic N) is 1. The molecule has 2 rings (SSSR count). The van der Waals surface area contributed by atoms with Crippen molar-refractivity contribution in [2.75, 3.05) is 18.5 Å². The van der Waals surface area contributed by atoms with Crippen LogP contribution in [0, 0.1) is 0 Å². The van der Waals surface area contributed by atoms with E-state index in [4.69, 9.17) is 10.5 Å². The second kappa shape index (κ2) is 8.67. The van der Waals surface area contributed by atoms with Crippen molar-refractivity contribution < 1.29 is 4.74 Å². The number of aliphatic imine (C=N–C) groups is 1. The number of anilines is 1. The zero-order chi connectivity index (χ0) is 14.9. The van der Waals surface area contributed by atoms with Crippen LogP contribution in [-0.2, 0) is 11.2 Å². The van der Waals surface area contributed by atoms with Crippen LogP contribution in [0.3, 0.4) is 0 Å². The Morgan fingerprint density at radius 1 is 1.38 bits per heavy atom. The van der Waals surface area contributed by atoms with Crippen LogP contribution in [0.2, 0.25) is 0 Å². The molecule has 0 saturated heterocycles. The molecule has 0 atom stereocenters. The minimum atomic E-state index is 0.476. The van der Waals surface area contributed by atoms with Crippen molar-refractivity contribution in [2.24, 2.45) is 10.7 Å². The highest BCUT2D eigenvalue weighted by atomic mass is 16.5. The Morgan fingerprint density at radius 2 is 2.19 bits per heavy atom. The third-order valence-corrected chi connectivity index (χ3v) is 3.85. The molecular weight excluding hydrogens is 262 g/mol. The topological polar surface area (TPSA) is 59.6 Å². The maximum Gasteiger partial charge on any atom is 0.193 e. The molecule has 4 heteroatoms. The predicted molar refractivity (Wildman–Crippen MR) is 88.8 cm³/mol. The van der Waals surface area contributed by atoms with E-state index >= 15 is 0 Å². The summed E-state index contributed by atoms with van der Waals surface area (Å²) in [6.07, 6.45) is 7.51. The molecule has 1 fully saturated rings. The molecule has 0 unspecified atom stereocenters. The Hall–Kier alpha value is -1.55. The fourth-order valence-corrected chi connectivity index (χ4v) is 2.63. The van der Waals surface area contributed by atoms with Crippen LogP contribution >= 0.6 is 0 Å². The van der Waals surface area contributed by atoms with Gasteiger partial charge in [-0.25, -0.2) is 0 Å². The fourth-order valence-electron chi connectivity index (χ4n) is 2.63. The molecular formula is C17H27N3O. The number of guanidine groups is 1. The molecule has 3 N–H and O–H groups in total. The third-order valence-electron chi connectivity index (χ3n) is 3.85. The van der Waals surface area contributed by atoms with E-state index in [0.717, 1.165) is 25.1 Å². The Kier molecular flexibility index (Phi) is 6.54. The lowest BCUT2D eigenvalue weighted by molar-refractivity contribution is 0.0579. The molecule has 0 spiro atoms. The summed E-state index contributed by atoms with van der Waals surface area (Å²) in [5.41, 5.74) is 8.19. The molecule has 1 aliphatic carbocycles. The van der Waals surface area contributed by atoms with Gasteiger partial charge in [0.1, 0.15) is 0 Å². The lowest BCUT2D eigenvalue weighted by Gasteiger charge is -2.10. The number of hydrogen-bond donors (Lipinski definition) is 2. The normalized spacial score (nSPS) is 16.3. The van der Waals surface area contributed by atoms with Crippen molar-refractivity contribution in [3.05, 3.63) is 29.8 Å². The average Bonchev–Trinajstić information content (AvgIpc) is 3.00. The number of nitrogens with one attached hydrogen (secondary N) is 1. The van der Waals surface area contributed by atoms with E-state index in [1.807, 2.05) is 12.1 Å². The molecule has 0 aliphatic heterocycles. The molecule has 1 saturated carbocycles. The second-order valence-corrected chi connectivity index (χ2v) is 5.58. The molecule has 21 heavy (non-hydrogen) atoms. The van der Waals surface area contributed by atoms with Gasteiger partial charge in [-0.3, -0.25) is 4.99 Å². The van der Waals surface area contributed by atoms with Crippen molar-refractivity contribution in [3.63, 3.8) is 0 Å². The van der Waals surface area contributed by atoms with E-state index in [2.05, 4.69) is 29.4 Å². The molecule has 0 aromatic heterocycles. The van der Waals surface area contributed by atoms with Gasteiger partial charge in [-0.2, -0.15) is 0 Å². The number of benzene rings is 1. The molecule has 0 heterocycles. The second-order valence-electron chi connectivity index (χ2n) is 5.58. The highest BCUT2D eigenvalue weighted by molar-refractivity contribution is 5.92. The number of hydrogen-bond acceptors (Lipinski definition) is 2. The zero-order valence-corrected chi connectivity index (χ0v) is 13.0. The molecule has 0 bridgehead atoms. The van der Waals surface area contributed by atoms with Crippen LogP contribution in [0.15, 0.2) is 29.3 Å². The number of rotatable bonds is 7. The van der Waals surface area contributed by atoms with Crippen molar-refractivity contribution in [1.82, 2.24) is 0 Å². The highest BCUT2D eigenvalue weighted by Crippen LogP contribution is 2.20. The van der Waals surface area contributed by atoms with E-state index in [1.165, 1.54) is 31.2 Å². The minimum Gasteiger partial charge on any atom is -0.378 e. The van der Waals surface area contributed by atoms with Gasteiger partial charge in [0.2, 0.25) is 0 Å². The molecule has 1 aromatic rings. The van der Waals surface area contributed by atoms with Crippen LogP contribution < -0.4 is 11.1 Å². The van der Waals surface area contributed by atoms with Gasteiger partial charge < -0.3 is 15.8 Å². The molecule has 1 aliphatic rings. The van der Waals surface area contributed by atoms with Crippen LogP contribution in [0.1, 0.15) is 44.6 Å². The standard InChI is InChI=1S/C17H27N3O/c1-2-14-7-5-8-15(13-14)20-17(18)19-11-6-12-21-16-9-3-4-10-16/h5,7-8,13,16H,2-4,6,9-12H2,1H3,(H3,18,19,20). The van der Waals surface area contributed by atoms with E-state index < -0.39 is 0 Å². The van der Waals surface area contributed by atoms with E-state index in [1.54, 1.807) is 0 Å². The summed E-state index contributed by atoms with van der Waals surface area (Å²) in [5, 5.41) is 3.14. The third kappa shape index (κ3) is 5.76. The largest absolute Gasteiger partial charge is 0.378 e. The van der Waals surface area contributed by atoms with Gasteiger partial charge in [-0.15, -0.1) is 0 Å². The lowest BCUT2D eigenvalue weighted by atomic mass is 10.1. The Bertz CT molecular complexity index is 453. The van der Waals surface area contributed by atoms with Crippen LogP contribution in [-0.4, -0.2) is 25.2 Å². The quantitative estimate of drug-likeness (QED) is 0.460. The minimum absolute atomic E-state index is 0.476. The molecule has 0 radical (unpaired) electrons. The predicted octanol–water partition coefficient (Wildman–Crippen LogP) is 3.32. The van der Waals surface area contributed by atoms with Crippen molar-refractivity contribution in [2.45, 2.75) is 51.6 Å². The lowest BCUT2D eigenvalue weighted by Crippen LogP contribution is -2.23. The summed E-state index contributed by atoms with van der Waals surface area (Å²) in [6, 6.07) is 8.25. The molecule has 4 nitrogen and oxygen atoms in total. The van der Waals surface area contributed by atoms with Gasteiger partial charge in [-0.05, 0) is 43.4 Å². The first kappa shape index (κ1) is 15.8. The summed E-state index contributed by atoms with van der Waals surface area (Å²) >= 11 is 0. The Morgan fingerprint density at radius 3 is 2.95 bits per heavy atom. The first-order chi connectivity index (χ1) is 10.3. The van der Waals surface area contributed by atoms with Gasteiger partial charge in [0, 0.05) is 18.8 Å². The van der Waals surface area contributed by atoms with Gasteiger partial charge >= 0.3 is 0 Å². The van der Waals surface area contributed by atoms with Gasteiger partial charge in [0.05, 0.1) is 6.10 Å². The number of aryl methyl sites for hydroxylation is 1. The summed E-state index contributed by atoms with van der Waals surface area (Å²) < 4.78 is 5.80. The van der Waals surface area contributed by atoms with Crippen molar-refractivity contribution in [1.29, 1.82) is 0 Å². The maximum absolute atomic E-state index is 5.90. The van der Waals surface area contributed by atoms with Crippen molar-refractivity contribution in [3.8, 4) is 0 Å². The van der Waals surface area contributed by atoms with E-state index in [0.29, 0.717) is 18.6 Å². The first-order valence-electron chi connectivity index (χ1n) is 8.05. The molecule has 0 amide bonds. The highest BCUT2D eigenvalue weighted by Gasteiger charge is 2.14. The van der Waals surface area contributed by atoms with E-state index in [9.17, 15) is 0 Å². The summed E-state index contributed by atoms with van der Waals surface area (Å²) in [4.78, 5) is 4.34. The van der Waals surface area contributed by atoms with E-state index in [-0.39, 0.29) is 0 Å². The van der Waals surface area contributed by atoms with Gasteiger partial charge in [-0.1, -0.05) is 31.9 Å². The smallest absolute Gasteiger partial charge is 0.193 e. The first-order valence-corrected chi connectivity index (χ1v) is 8.05.